The third kappa shape index (κ3) is 7.27. The van der Waals surface area contributed by atoms with Gasteiger partial charge in [0.2, 0.25) is 5.91 Å². The molecule has 2 saturated heterocycles. The standard InChI is InChI=1S/C31H34BrF3N8O3S/c32-23-16-19(15-22(27(23)36)31(33,34)35)17-25(28(44)41-12-10-40(11-13-41)20-1-6-37-7-2-20)39-29(45)42-8-3-21(4-9-42)43-18-26-24(5-14-47-26)38-30(43)46/h1-2,5-7,14-16,21,25H,3-4,8-13,17-18,36H2,(H,38,46)(H,39,45)/t25-/m1/s1. The maximum Gasteiger partial charge on any atom is 0.418 e. The Bertz CT molecular complexity index is 1630. The summed E-state index contributed by atoms with van der Waals surface area (Å²) in [6.07, 6.45) is -0.363. The van der Waals surface area contributed by atoms with E-state index >= 15 is 0 Å². The molecule has 0 spiro atoms. The Morgan fingerprint density at radius 2 is 1.77 bits per heavy atom. The molecule has 11 nitrogen and oxygen atoms in total. The average molecular weight is 736 g/mol. The topological polar surface area (TPSA) is 127 Å². The number of nitrogens with zero attached hydrogens (tertiary/aromatic N) is 5. The number of likely N-dealkylation sites (tertiary alicyclic amines) is 1. The minimum Gasteiger partial charge on any atom is -0.397 e. The van der Waals surface area contributed by atoms with Gasteiger partial charge in [-0.1, -0.05) is 0 Å². The number of rotatable bonds is 6. The Hall–Kier alpha value is -4.05. The maximum absolute atomic E-state index is 13.9. The van der Waals surface area contributed by atoms with Crippen molar-refractivity contribution in [3.63, 3.8) is 0 Å². The second-order valence-electron chi connectivity index (χ2n) is 11.8. The fourth-order valence-corrected chi connectivity index (χ4v) is 7.66. The number of piperidine rings is 1. The zero-order valence-corrected chi connectivity index (χ0v) is 27.7. The van der Waals surface area contributed by atoms with Crippen LogP contribution < -0.4 is 21.3 Å². The molecule has 3 aliphatic heterocycles. The van der Waals surface area contributed by atoms with E-state index in [1.54, 1.807) is 38.4 Å². The van der Waals surface area contributed by atoms with Crippen molar-refractivity contribution in [1.29, 1.82) is 0 Å². The molecular weight excluding hydrogens is 701 g/mol. The molecule has 3 aliphatic rings. The number of hydrogen-bond acceptors (Lipinski definition) is 7. The van der Waals surface area contributed by atoms with Crippen LogP contribution in [0.1, 0.15) is 28.8 Å². The Morgan fingerprint density at radius 1 is 1.06 bits per heavy atom. The summed E-state index contributed by atoms with van der Waals surface area (Å²) in [5, 5.41) is 7.69. The molecule has 1 aromatic carbocycles. The van der Waals surface area contributed by atoms with Gasteiger partial charge >= 0.3 is 18.2 Å². The summed E-state index contributed by atoms with van der Waals surface area (Å²) in [6, 6.07) is 6.22. The first-order valence-electron chi connectivity index (χ1n) is 15.3. The normalized spacial score (nSPS) is 18.1. The first-order chi connectivity index (χ1) is 22.5. The number of hydrogen-bond donors (Lipinski definition) is 3. The number of nitrogens with one attached hydrogen (secondary N) is 2. The molecule has 1 atom stereocenters. The fourth-order valence-electron chi connectivity index (χ4n) is 6.33. The molecule has 5 amide bonds. The molecular formula is C31H34BrF3N8O3S. The van der Waals surface area contributed by atoms with Crippen molar-refractivity contribution < 1.29 is 27.6 Å². The van der Waals surface area contributed by atoms with Gasteiger partial charge in [-0.2, -0.15) is 13.2 Å². The Labute approximate surface area is 282 Å². The summed E-state index contributed by atoms with van der Waals surface area (Å²) in [5.41, 5.74) is 6.28. The van der Waals surface area contributed by atoms with E-state index in [-0.39, 0.29) is 34.4 Å². The second kappa shape index (κ2) is 13.6. The van der Waals surface area contributed by atoms with Crippen LogP contribution in [0.4, 0.5) is 39.8 Å². The summed E-state index contributed by atoms with van der Waals surface area (Å²) in [5.74, 6) is -0.374. The summed E-state index contributed by atoms with van der Waals surface area (Å²) in [7, 11) is 0. The third-order valence-electron chi connectivity index (χ3n) is 8.90. The largest absolute Gasteiger partial charge is 0.418 e. The van der Waals surface area contributed by atoms with Gasteiger partial charge in [0, 0.05) is 79.2 Å². The predicted molar refractivity (Wildman–Crippen MR) is 176 cm³/mol. The summed E-state index contributed by atoms with van der Waals surface area (Å²) in [6.45, 7) is 3.07. The molecule has 16 heteroatoms. The zero-order valence-electron chi connectivity index (χ0n) is 25.3. The van der Waals surface area contributed by atoms with Crippen molar-refractivity contribution in [3.8, 4) is 0 Å². The lowest BCUT2D eigenvalue weighted by atomic mass is 10.0. The smallest absolute Gasteiger partial charge is 0.397 e. The van der Waals surface area contributed by atoms with Crippen molar-refractivity contribution in [1.82, 2.24) is 25.0 Å². The summed E-state index contributed by atoms with van der Waals surface area (Å²) >= 11 is 4.71. The first-order valence-corrected chi connectivity index (χ1v) is 16.9. The highest BCUT2D eigenvalue weighted by Gasteiger charge is 2.37. The minimum atomic E-state index is -4.70. The molecule has 0 radical (unpaired) electrons. The second-order valence-corrected chi connectivity index (χ2v) is 13.6. The van der Waals surface area contributed by atoms with Crippen LogP contribution in [0, 0.1) is 0 Å². The van der Waals surface area contributed by atoms with Gasteiger partial charge in [0.25, 0.3) is 0 Å². The molecule has 0 aliphatic carbocycles. The van der Waals surface area contributed by atoms with Crippen LogP contribution in [-0.2, 0) is 23.9 Å². The average Bonchev–Trinajstić information content (AvgIpc) is 3.52. The van der Waals surface area contributed by atoms with E-state index in [0.29, 0.717) is 58.7 Å². The van der Waals surface area contributed by atoms with Crippen LogP contribution in [-0.4, -0.2) is 89.0 Å². The van der Waals surface area contributed by atoms with Gasteiger partial charge in [-0.3, -0.25) is 9.78 Å². The van der Waals surface area contributed by atoms with Crippen LogP contribution >= 0.6 is 27.3 Å². The molecule has 0 unspecified atom stereocenters. The van der Waals surface area contributed by atoms with Crippen LogP contribution in [0.25, 0.3) is 0 Å². The number of urea groups is 2. The Kier molecular flexibility index (Phi) is 9.50. The van der Waals surface area contributed by atoms with E-state index in [1.165, 1.54) is 6.07 Å². The van der Waals surface area contributed by atoms with Crippen LogP contribution in [0.15, 0.2) is 52.6 Å². The first kappa shape index (κ1) is 32.9. The number of fused-ring (bicyclic) bond motifs is 1. The van der Waals surface area contributed by atoms with Crippen molar-refractivity contribution >= 4 is 62.3 Å². The highest BCUT2D eigenvalue weighted by atomic mass is 79.9. The van der Waals surface area contributed by atoms with Gasteiger partial charge in [0.05, 0.1) is 23.5 Å². The van der Waals surface area contributed by atoms with Crippen LogP contribution in [0.3, 0.4) is 0 Å². The number of anilines is 3. The SMILES string of the molecule is Nc1c(Br)cc(C[C@@H](NC(=O)N2CCC(N3Cc4sccc4NC3=O)CC2)C(=O)N2CCN(c3ccncc3)CC2)cc1C(F)(F)F. The van der Waals surface area contributed by atoms with Gasteiger partial charge in [-0.25, -0.2) is 9.59 Å². The minimum absolute atomic E-state index is 0.0589. The number of thiophene rings is 1. The fraction of sp³-hybridized carbons (Fsp3) is 0.419. The van der Waals surface area contributed by atoms with Gasteiger partial charge in [0.15, 0.2) is 0 Å². The van der Waals surface area contributed by atoms with E-state index in [4.69, 9.17) is 5.73 Å². The molecule has 2 aromatic heterocycles. The highest BCUT2D eigenvalue weighted by molar-refractivity contribution is 9.10. The van der Waals surface area contributed by atoms with E-state index in [0.717, 1.165) is 22.3 Å². The maximum atomic E-state index is 13.9. The van der Waals surface area contributed by atoms with Crippen molar-refractivity contribution in [2.45, 2.75) is 44.1 Å². The number of carbonyl (C=O) groups is 3. The summed E-state index contributed by atoms with van der Waals surface area (Å²) in [4.78, 5) is 52.5. The quantitative estimate of drug-likeness (QED) is 0.307. The van der Waals surface area contributed by atoms with Crippen molar-refractivity contribution in [3.05, 3.63) is 68.6 Å². The molecule has 5 heterocycles. The van der Waals surface area contributed by atoms with Crippen LogP contribution in [0.5, 0.6) is 0 Å². The zero-order chi connectivity index (χ0) is 33.3. The molecule has 3 aromatic rings. The van der Waals surface area contributed by atoms with E-state index in [1.807, 2.05) is 23.6 Å². The molecule has 4 N–H and O–H groups in total. The van der Waals surface area contributed by atoms with Gasteiger partial charge < -0.3 is 36.0 Å². The number of amides is 5. The number of aromatic nitrogens is 1. The van der Waals surface area contributed by atoms with Gasteiger partial charge in [-0.15, -0.1) is 11.3 Å². The molecule has 0 bridgehead atoms. The van der Waals surface area contributed by atoms with Gasteiger partial charge in [-0.05, 0) is 70.0 Å². The number of alkyl halides is 3. The number of pyridine rings is 1. The van der Waals surface area contributed by atoms with Crippen molar-refractivity contribution in [2.75, 3.05) is 55.2 Å². The highest BCUT2D eigenvalue weighted by Crippen LogP contribution is 2.38. The number of halogens is 4. The molecule has 2 fully saturated rings. The number of benzene rings is 1. The van der Waals surface area contributed by atoms with E-state index < -0.39 is 29.5 Å². The van der Waals surface area contributed by atoms with Crippen molar-refractivity contribution in [2.24, 2.45) is 0 Å². The molecule has 6 rings (SSSR count). The summed E-state index contributed by atoms with van der Waals surface area (Å²) < 4.78 is 41.4. The number of nitrogen functional groups attached to an aromatic ring is 1. The predicted octanol–water partition coefficient (Wildman–Crippen LogP) is 4.99. The lowest BCUT2D eigenvalue weighted by Gasteiger charge is -2.40. The van der Waals surface area contributed by atoms with Gasteiger partial charge in [0.1, 0.15) is 6.04 Å². The number of nitrogens with two attached hydrogens (primary N) is 1. The molecule has 47 heavy (non-hydrogen) atoms. The van der Waals surface area contributed by atoms with E-state index in [9.17, 15) is 27.6 Å². The lowest BCUT2D eigenvalue weighted by Crippen LogP contribution is -2.58. The monoisotopic (exact) mass is 734 g/mol. The Balaban J connectivity index is 1.15. The Morgan fingerprint density at radius 3 is 2.45 bits per heavy atom. The van der Waals surface area contributed by atoms with Crippen LogP contribution in [0.2, 0.25) is 0 Å². The van der Waals surface area contributed by atoms with E-state index in [2.05, 4.69) is 36.4 Å². The lowest BCUT2D eigenvalue weighted by molar-refractivity contribution is -0.137. The number of carbonyl (C=O) groups excluding carboxylic acids is 3. The molecule has 250 valence electrons. The third-order valence-corrected chi connectivity index (χ3v) is 10.5. The molecule has 0 saturated carbocycles. The number of piperazine rings is 1.